The first-order valence-electron chi connectivity index (χ1n) is 8.44. The molecule has 8 heteroatoms. The second-order valence-corrected chi connectivity index (χ2v) is 6.63. The van der Waals surface area contributed by atoms with E-state index in [2.05, 4.69) is 15.8 Å². The summed E-state index contributed by atoms with van der Waals surface area (Å²) in [5.74, 6) is 1.27. The van der Waals surface area contributed by atoms with Crippen LogP contribution in [0.4, 0.5) is 0 Å². The van der Waals surface area contributed by atoms with Crippen LogP contribution >= 0.6 is 35.4 Å². The first-order chi connectivity index (χ1) is 13.0. The zero-order valence-electron chi connectivity index (χ0n) is 15.1. The highest BCUT2D eigenvalue weighted by Gasteiger charge is 2.07. The average molecular weight is 426 g/mol. The van der Waals surface area contributed by atoms with Gasteiger partial charge in [-0.05, 0) is 67.5 Å². The standard InChI is InChI=1S/C19H21Cl2N3O2S/c1-3-22-19(27)24-23-11-13-6-8-17(18(10-13)25-4-2)26-12-14-5-7-15(20)16(21)9-14/h5-11H,3-4,12H2,1-2H3,(H2,22,24,27)/b23-11+. The van der Waals surface area contributed by atoms with Crippen LogP contribution in [0.15, 0.2) is 41.5 Å². The fraction of sp³-hybridized carbons (Fsp3) is 0.263. The summed E-state index contributed by atoms with van der Waals surface area (Å²) >= 11 is 17.0. The summed E-state index contributed by atoms with van der Waals surface area (Å²) in [7, 11) is 0. The van der Waals surface area contributed by atoms with E-state index in [-0.39, 0.29) is 0 Å². The molecule has 0 radical (unpaired) electrons. The molecule has 0 aromatic heterocycles. The fourth-order valence-corrected chi connectivity index (χ4v) is 2.67. The van der Waals surface area contributed by atoms with Crippen molar-refractivity contribution in [2.45, 2.75) is 20.5 Å². The van der Waals surface area contributed by atoms with Crippen LogP contribution in [-0.2, 0) is 6.61 Å². The van der Waals surface area contributed by atoms with Gasteiger partial charge in [-0.2, -0.15) is 5.10 Å². The Morgan fingerprint density at radius 2 is 1.89 bits per heavy atom. The number of hydrogen-bond acceptors (Lipinski definition) is 4. The second-order valence-electron chi connectivity index (χ2n) is 5.41. The van der Waals surface area contributed by atoms with E-state index >= 15 is 0 Å². The molecule has 0 aliphatic heterocycles. The summed E-state index contributed by atoms with van der Waals surface area (Å²) in [6.07, 6.45) is 1.66. The van der Waals surface area contributed by atoms with Crippen molar-refractivity contribution in [2.75, 3.05) is 13.2 Å². The van der Waals surface area contributed by atoms with Crippen molar-refractivity contribution in [3.8, 4) is 11.5 Å². The maximum absolute atomic E-state index is 6.04. The number of thiocarbonyl (C=S) groups is 1. The first kappa shape index (κ1) is 21.3. The Labute approximate surface area is 174 Å². The van der Waals surface area contributed by atoms with Gasteiger partial charge >= 0.3 is 0 Å². The van der Waals surface area contributed by atoms with Crippen LogP contribution in [0.1, 0.15) is 25.0 Å². The summed E-state index contributed by atoms with van der Waals surface area (Å²) in [6, 6.07) is 11.0. The minimum atomic E-state index is 0.350. The lowest BCUT2D eigenvalue weighted by atomic mass is 10.2. The summed E-state index contributed by atoms with van der Waals surface area (Å²) in [5, 5.41) is 8.54. The zero-order valence-corrected chi connectivity index (χ0v) is 17.4. The molecule has 27 heavy (non-hydrogen) atoms. The lowest BCUT2D eigenvalue weighted by molar-refractivity contribution is 0.269. The quantitative estimate of drug-likeness (QED) is 0.361. The van der Waals surface area contributed by atoms with Gasteiger partial charge in [0.25, 0.3) is 0 Å². The molecule has 0 bridgehead atoms. The normalized spacial score (nSPS) is 10.7. The highest BCUT2D eigenvalue weighted by atomic mass is 35.5. The van der Waals surface area contributed by atoms with Crippen LogP contribution in [0.3, 0.4) is 0 Å². The van der Waals surface area contributed by atoms with E-state index in [0.29, 0.717) is 39.9 Å². The molecule has 0 spiro atoms. The lowest BCUT2D eigenvalue weighted by Gasteiger charge is -2.13. The van der Waals surface area contributed by atoms with E-state index in [1.807, 2.05) is 38.1 Å². The van der Waals surface area contributed by atoms with E-state index in [1.54, 1.807) is 18.3 Å². The van der Waals surface area contributed by atoms with Gasteiger partial charge in [-0.3, -0.25) is 5.43 Å². The number of nitrogens with zero attached hydrogens (tertiary/aromatic N) is 1. The molecule has 0 heterocycles. The Hall–Kier alpha value is -2.02. The Kier molecular flexibility index (Phi) is 8.64. The number of benzene rings is 2. The van der Waals surface area contributed by atoms with Gasteiger partial charge in [-0.1, -0.05) is 29.3 Å². The maximum atomic E-state index is 6.04. The van der Waals surface area contributed by atoms with Crippen molar-refractivity contribution in [1.29, 1.82) is 0 Å². The number of nitrogens with one attached hydrogen (secondary N) is 2. The minimum Gasteiger partial charge on any atom is -0.490 e. The molecule has 0 aliphatic carbocycles. The van der Waals surface area contributed by atoms with E-state index in [9.17, 15) is 0 Å². The van der Waals surface area contributed by atoms with Crippen molar-refractivity contribution in [1.82, 2.24) is 10.7 Å². The molecule has 2 aromatic carbocycles. The third kappa shape index (κ3) is 6.90. The van der Waals surface area contributed by atoms with Crippen molar-refractivity contribution < 1.29 is 9.47 Å². The molecule has 2 N–H and O–H groups in total. The summed E-state index contributed by atoms with van der Waals surface area (Å²) in [6.45, 7) is 5.48. The highest BCUT2D eigenvalue weighted by Crippen LogP contribution is 2.29. The molecule has 0 fully saturated rings. The third-order valence-electron chi connectivity index (χ3n) is 3.36. The first-order valence-corrected chi connectivity index (χ1v) is 9.60. The third-order valence-corrected chi connectivity index (χ3v) is 4.34. The van der Waals surface area contributed by atoms with E-state index in [0.717, 1.165) is 17.7 Å². The molecule has 2 aromatic rings. The monoisotopic (exact) mass is 425 g/mol. The molecule has 0 saturated carbocycles. The Balaban J connectivity index is 2.06. The molecular weight excluding hydrogens is 405 g/mol. The van der Waals surface area contributed by atoms with E-state index < -0.39 is 0 Å². The Bertz CT molecular complexity index is 816. The van der Waals surface area contributed by atoms with Gasteiger partial charge in [0.1, 0.15) is 6.61 Å². The van der Waals surface area contributed by atoms with Crippen molar-refractivity contribution in [2.24, 2.45) is 5.10 Å². The smallest absolute Gasteiger partial charge is 0.186 e. The molecule has 144 valence electrons. The van der Waals surface area contributed by atoms with Crippen LogP contribution in [0, 0.1) is 0 Å². The predicted molar refractivity (Wildman–Crippen MR) is 115 cm³/mol. The van der Waals surface area contributed by atoms with Gasteiger partial charge in [0.05, 0.1) is 22.9 Å². The molecule has 0 unspecified atom stereocenters. The number of rotatable bonds is 8. The molecule has 0 saturated heterocycles. The molecule has 0 amide bonds. The summed E-state index contributed by atoms with van der Waals surface area (Å²) < 4.78 is 11.6. The van der Waals surface area contributed by atoms with Crippen LogP contribution in [-0.4, -0.2) is 24.5 Å². The van der Waals surface area contributed by atoms with Gasteiger partial charge < -0.3 is 14.8 Å². The largest absolute Gasteiger partial charge is 0.490 e. The molecule has 5 nitrogen and oxygen atoms in total. The van der Waals surface area contributed by atoms with E-state index in [1.165, 1.54) is 0 Å². The fourth-order valence-electron chi connectivity index (χ4n) is 2.15. The molecule has 2 rings (SSSR count). The minimum absolute atomic E-state index is 0.350. The SMILES string of the molecule is CCNC(=S)N/N=C/c1ccc(OCc2ccc(Cl)c(Cl)c2)c(OCC)c1. The van der Waals surface area contributed by atoms with Gasteiger partial charge in [-0.25, -0.2) is 0 Å². The second kappa shape index (κ2) is 11.0. The number of hydrogen-bond donors (Lipinski definition) is 2. The van der Waals surface area contributed by atoms with Crippen molar-refractivity contribution >= 4 is 46.7 Å². The van der Waals surface area contributed by atoms with Crippen LogP contribution < -0.4 is 20.2 Å². The van der Waals surface area contributed by atoms with Gasteiger partial charge in [0.15, 0.2) is 16.6 Å². The summed E-state index contributed by atoms with van der Waals surface area (Å²) in [5.41, 5.74) is 4.52. The van der Waals surface area contributed by atoms with Gasteiger partial charge in [0, 0.05) is 6.54 Å². The Morgan fingerprint density at radius 1 is 1.07 bits per heavy atom. The number of hydrazone groups is 1. The zero-order chi connectivity index (χ0) is 19.6. The van der Waals surface area contributed by atoms with Gasteiger partial charge in [-0.15, -0.1) is 0 Å². The lowest BCUT2D eigenvalue weighted by Crippen LogP contribution is -2.31. The van der Waals surface area contributed by atoms with Crippen molar-refractivity contribution in [3.05, 3.63) is 57.6 Å². The van der Waals surface area contributed by atoms with Crippen LogP contribution in [0.5, 0.6) is 11.5 Å². The topological polar surface area (TPSA) is 54.9 Å². The average Bonchev–Trinajstić information content (AvgIpc) is 2.64. The molecular formula is C19H21Cl2N3O2S. The number of halogens is 2. The predicted octanol–water partition coefficient (Wildman–Crippen LogP) is 4.79. The van der Waals surface area contributed by atoms with Crippen LogP contribution in [0.2, 0.25) is 10.0 Å². The van der Waals surface area contributed by atoms with E-state index in [4.69, 9.17) is 44.9 Å². The summed E-state index contributed by atoms with van der Waals surface area (Å²) in [4.78, 5) is 0. The van der Waals surface area contributed by atoms with Crippen molar-refractivity contribution in [3.63, 3.8) is 0 Å². The number of ether oxygens (including phenoxy) is 2. The maximum Gasteiger partial charge on any atom is 0.186 e. The molecule has 0 aliphatic rings. The Morgan fingerprint density at radius 3 is 2.59 bits per heavy atom. The highest BCUT2D eigenvalue weighted by molar-refractivity contribution is 7.80. The molecule has 0 atom stereocenters. The van der Waals surface area contributed by atoms with Gasteiger partial charge in [0.2, 0.25) is 0 Å². The van der Waals surface area contributed by atoms with Crippen LogP contribution in [0.25, 0.3) is 0 Å².